The van der Waals surface area contributed by atoms with Crippen LogP contribution in [0.25, 0.3) is 10.9 Å². The number of halogens is 1. The van der Waals surface area contributed by atoms with Crippen molar-refractivity contribution in [1.82, 2.24) is 10.3 Å². The Morgan fingerprint density at radius 1 is 1.24 bits per heavy atom. The molecule has 6 heteroatoms. The van der Waals surface area contributed by atoms with Gasteiger partial charge in [0.2, 0.25) is 0 Å². The predicted molar refractivity (Wildman–Crippen MR) is 108 cm³/mol. The second-order valence-electron chi connectivity index (χ2n) is 7.74. The number of amides is 1. The number of carbonyl (C=O) groups excluding carboxylic acids is 2. The quantitative estimate of drug-likeness (QED) is 0.627. The van der Waals surface area contributed by atoms with E-state index in [1.165, 1.54) is 6.07 Å². The van der Waals surface area contributed by atoms with E-state index in [2.05, 4.69) is 10.3 Å². The first kappa shape index (κ1) is 19.1. The molecule has 1 fully saturated rings. The Bertz CT molecular complexity index is 1120. The largest absolute Gasteiger partial charge is 0.456 e. The van der Waals surface area contributed by atoms with Gasteiger partial charge in [-0.05, 0) is 68.1 Å². The zero-order valence-corrected chi connectivity index (χ0v) is 16.3. The molecule has 0 spiro atoms. The van der Waals surface area contributed by atoms with E-state index in [4.69, 9.17) is 4.74 Å². The molecule has 0 atom stereocenters. The van der Waals surface area contributed by atoms with Crippen LogP contribution in [-0.2, 0) is 11.2 Å². The van der Waals surface area contributed by atoms with Gasteiger partial charge in [-0.3, -0.25) is 9.78 Å². The molecule has 29 heavy (non-hydrogen) atoms. The molecule has 1 aliphatic rings. The fourth-order valence-corrected chi connectivity index (χ4v) is 3.21. The lowest BCUT2D eigenvalue weighted by molar-refractivity contribution is -0.107. The van der Waals surface area contributed by atoms with Crippen LogP contribution in [0.2, 0.25) is 0 Å². The van der Waals surface area contributed by atoms with Crippen molar-refractivity contribution in [2.45, 2.75) is 38.6 Å². The number of ether oxygens (including phenoxy) is 1. The maximum absolute atomic E-state index is 14.3. The van der Waals surface area contributed by atoms with Crippen molar-refractivity contribution < 1.29 is 18.7 Å². The van der Waals surface area contributed by atoms with Gasteiger partial charge in [0, 0.05) is 35.2 Å². The standard InChI is InChI=1S/C23H21FN2O3/c1-14-11-15(6-10-27)18(24)13-21(14)29-20-5-9-25-19-4-3-16(12-17(19)20)22(28)26-23(2)7-8-23/h3-5,9-13H,6-8H2,1-2H3,(H,26,28). The van der Waals surface area contributed by atoms with Crippen molar-refractivity contribution in [2.24, 2.45) is 0 Å². The minimum atomic E-state index is -0.492. The summed E-state index contributed by atoms with van der Waals surface area (Å²) in [6.07, 6.45) is 4.25. The van der Waals surface area contributed by atoms with Crippen LogP contribution >= 0.6 is 0 Å². The van der Waals surface area contributed by atoms with Crippen LogP contribution in [0.1, 0.15) is 41.3 Å². The number of fused-ring (bicyclic) bond motifs is 1. The Morgan fingerprint density at radius 2 is 2.03 bits per heavy atom. The summed E-state index contributed by atoms with van der Waals surface area (Å²) in [5.74, 6) is 0.203. The molecule has 3 aromatic rings. The summed E-state index contributed by atoms with van der Waals surface area (Å²) in [5.41, 5.74) is 2.12. The highest BCUT2D eigenvalue weighted by Gasteiger charge is 2.38. The van der Waals surface area contributed by atoms with E-state index in [9.17, 15) is 14.0 Å². The van der Waals surface area contributed by atoms with Gasteiger partial charge < -0.3 is 14.8 Å². The molecular formula is C23H21FN2O3. The van der Waals surface area contributed by atoms with Crippen LogP contribution in [0.5, 0.6) is 11.5 Å². The van der Waals surface area contributed by atoms with E-state index in [1.54, 1.807) is 43.5 Å². The van der Waals surface area contributed by atoms with Crippen LogP contribution in [0.3, 0.4) is 0 Å². The molecule has 1 heterocycles. The van der Waals surface area contributed by atoms with Crippen molar-refractivity contribution in [3.63, 3.8) is 0 Å². The first-order chi connectivity index (χ1) is 13.9. The summed E-state index contributed by atoms with van der Waals surface area (Å²) in [6, 6.07) is 9.82. The number of nitrogens with one attached hydrogen (secondary N) is 1. The van der Waals surface area contributed by atoms with E-state index in [0.29, 0.717) is 45.4 Å². The van der Waals surface area contributed by atoms with Gasteiger partial charge in [-0.1, -0.05) is 0 Å². The summed E-state index contributed by atoms with van der Waals surface area (Å²) in [4.78, 5) is 27.6. The van der Waals surface area contributed by atoms with Crippen molar-refractivity contribution in [2.75, 3.05) is 0 Å². The number of aryl methyl sites for hydroxylation is 1. The Labute approximate surface area is 167 Å². The number of carbonyl (C=O) groups is 2. The van der Waals surface area contributed by atoms with Gasteiger partial charge >= 0.3 is 0 Å². The number of rotatable bonds is 6. The molecule has 1 N–H and O–H groups in total. The van der Waals surface area contributed by atoms with Crippen molar-refractivity contribution in [3.8, 4) is 11.5 Å². The van der Waals surface area contributed by atoms with Crippen molar-refractivity contribution in [1.29, 1.82) is 0 Å². The van der Waals surface area contributed by atoms with Crippen LogP contribution in [0, 0.1) is 12.7 Å². The molecule has 1 aromatic heterocycles. The molecule has 1 aliphatic carbocycles. The molecule has 4 rings (SSSR count). The second-order valence-corrected chi connectivity index (χ2v) is 7.74. The minimum absolute atomic E-state index is 0.0164. The zero-order valence-electron chi connectivity index (χ0n) is 16.3. The molecule has 0 bridgehead atoms. The molecule has 0 unspecified atom stereocenters. The Balaban J connectivity index is 1.68. The van der Waals surface area contributed by atoms with Crippen LogP contribution in [0.4, 0.5) is 4.39 Å². The van der Waals surface area contributed by atoms with Crippen molar-refractivity contribution in [3.05, 3.63) is 65.1 Å². The summed E-state index contributed by atoms with van der Waals surface area (Å²) in [7, 11) is 0. The Morgan fingerprint density at radius 3 is 2.76 bits per heavy atom. The second kappa shape index (κ2) is 7.28. The molecule has 0 saturated heterocycles. The first-order valence-corrected chi connectivity index (χ1v) is 9.50. The predicted octanol–water partition coefficient (Wildman–Crippen LogP) is 4.50. The van der Waals surface area contributed by atoms with Crippen LogP contribution in [0.15, 0.2) is 42.6 Å². The topological polar surface area (TPSA) is 68.3 Å². The molecule has 148 valence electrons. The van der Waals surface area contributed by atoms with E-state index in [1.807, 2.05) is 6.92 Å². The van der Waals surface area contributed by atoms with E-state index < -0.39 is 5.82 Å². The SMILES string of the molecule is Cc1cc(CC=O)c(F)cc1Oc1ccnc2ccc(C(=O)NC3(C)CC3)cc12. The molecule has 5 nitrogen and oxygen atoms in total. The van der Waals surface area contributed by atoms with Gasteiger partial charge in [0.05, 0.1) is 5.52 Å². The third-order valence-corrected chi connectivity index (χ3v) is 5.25. The summed E-state index contributed by atoms with van der Waals surface area (Å²) < 4.78 is 20.2. The zero-order chi connectivity index (χ0) is 20.6. The van der Waals surface area contributed by atoms with Gasteiger partial charge in [0.1, 0.15) is 23.6 Å². The molecule has 0 radical (unpaired) electrons. The average molecular weight is 392 g/mol. The molecule has 1 saturated carbocycles. The first-order valence-electron chi connectivity index (χ1n) is 9.50. The highest BCUT2D eigenvalue weighted by Crippen LogP contribution is 2.35. The van der Waals surface area contributed by atoms with Gasteiger partial charge in [-0.15, -0.1) is 0 Å². The third kappa shape index (κ3) is 3.97. The fraction of sp³-hybridized carbons (Fsp3) is 0.261. The van der Waals surface area contributed by atoms with Gasteiger partial charge in [0.15, 0.2) is 0 Å². The highest BCUT2D eigenvalue weighted by molar-refractivity contribution is 5.99. The summed E-state index contributed by atoms with van der Waals surface area (Å²) >= 11 is 0. The monoisotopic (exact) mass is 392 g/mol. The highest BCUT2D eigenvalue weighted by atomic mass is 19.1. The number of hydrogen-bond donors (Lipinski definition) is 1. The van der Waals surface area contributed by atoms with Gasteiger partial charge in [-0.2, -0.15) is 0 Å². The van der Waals surface area contributed by atoms with Crippen molar-refractivity contribution >= 4 is 23.1 Å². The Hall–Kier alpha value is -3.28. The van der Waals surface area contributed by atoms with Crippen LogP contribution < -0.4 is 10.1 Å². The maximum atomic E-state index is 14.3. The average Bonchev–Trinajstić information content (AvgIpc) is 3.42. The molecule has 0 aliphatic heterocycles. The minimum Gasteiger partial charge on any atom is -0.456 e. The van der Waals surface area contributed by atoms with Gasteiger partial charge in [0.25, 0.3) is 5.91 Å². The normalized spacial score (nSPS) is 14.4. The number of aromatic nitrogens is 1. The van der Waals surface area contributed by atoms with E-state index in [-0.39, 0.29) is 17.9 Å². The number of hydrogen-bond acceptors (Lipinski definition) is 4. The number of aldehydes is 1. The van der Waals surface area contributed by atoms with E-state index >= 15 is 0 Å². The number of nitrogens with zero attached hydrogens (tertiary/aromatic N) is 1. The third-order valence-electron chi connectivity index (χ3n) is 5.25. The molecule has 2 aromatic carbocycles. The lowest BCUT2D eigenvalue weighted by Gasteiger charge is -2.14. The maximum Gasteiger partial charge on any atom is 0.251 e. The lowest BCUT2D eigenvalue weighted by atomic mass is 10.1. The smallest absolute Gasteiger partial charge is 0.251 e. The number of pyridine rings is 1. The van der Waals surface area contributed by atoms with Gasteiger partial charge in [-0.25, -0.2) is 4.39 Å². The van der Waals surface area contributed by atoms with E-state index in [0.717, 1.165) is 12.8 Å². The summed E-state index contributed by atoms with van der Waals surface area (Å²) in [6.45, 7) is 3.81. The molecular weight excluding hydrogens is 371 g/mol. The Kier molecular flexibility index (Phi) is 4.78. The number of benzene rings is 2. The fourth-order valence-electron chi connectivity index (χ4n) is 3.21. The van der Waals surface area contributed by atoms with Crippen LogP contribution in [-0.4, -0.2) is 22.7 Å². The lowest BCUT2D eigenvalue weighted by Crippen LogP contribution is -2.34. The summed E-state index contributed by atoms with van der Waals surface area (Å²) in [5, 5.41) is 3.70. The molecule has 1 amide bonds.